The smallest absolute Gasteiger partial charge is 0.308 e. The number of nitrogens with one attached hydrogen (secondary N) is 2. The Morgan fingerprint density at radius 3 is 2.36 bits per heavy atom. The van der Waals surface area contributed by atoms with Crippen molar-refractivity contribution in [1.29, 1.82) is 0 Å². The first-order chi connectivity index (χ1) is 11.9. The molecule has 25 heavy (non-hydrogen) atoms. The maximum atomic E-state index is 12.7. The van der Waals surface area contributed by atoms with E-state index in [0.717, 1.165) is 12.1 Å². The van der Waals surface area contributed by atoms with Gasteiger partial charge in [0.05, 0.1) is 11.3 Å². The average Bonchev–Trinajstić information content (AvgIpc) is 3.09. The van der Waals surface area contributed by atoms with Gasteiger partial charge in [-0.1, -0.05) is 6.07 Å². The molecule has 2 aromatic carbocycles. The van der Waals surface area contributed by atoms with Crippen LogP contribution in [0.4, 0.5) is 29.3 Å². The molecule has 0 saturated carbocycles. The summed E-state index contributed by atoms with van der Waals surface area (Å²) >= 11 is 0. The lowest BCUT2D eigenvalue weighted by atomic mass is 10.2. The first kappa shape index (κ1) is 16.4. The monoisotopic (exact) mass is 348 g/mol. The van der Waals surface area contributed by atoms with Gasteiger partial charge in [-0.3, -0.25) is 0 Å². The Hall–Kier alpha value is -3.43. The number of aromatic nitrogens is 4. The van der Waals surface area contributed by atoms with Crippen molar-refractivity contribution >= 4 is 17.4 Å². The third-order valence-corrected chi connectivity index (χ3v) is 3.19. The summed E-state index contributed by atoms with van der Waals surface area (Å²) < 4.78 is 39.4. The maximum Gasteiger partial charge on any atom is 0.416 e. The molecule has 0 aliphatic heterocycles. The summed E-state index contributed by atoms with van der Waals surface area (Å²) in [6, 6.07) is 10.3. The number of carbonyl (C=O) groups is 1. The molecule has 7 nitrogen and oxygen atoms in total. The molecule has 3 rings (SSSR count). The van der Waals surface area contributed by atoms with E-state index in [0.29, 0.717) is 11.4 Å². The average molecular weight is 348 g/mol. The summed E-state index contributed by atoms with van der Waals surface area (Å²) in [4.78, 5) is 11.9. The van der Waals surface area contributed by atoms with Crippen molar-refractivity contribution in [3.8, 4) is 5.69 Å². The predicted octanol–water partition coefficient (Wildman–Crippen LogP) is 3.33. The molecule has 0 spiro atoms. The number of benzene rings is 2. The Morgan fingerprint density at radius 2 is 1.72 bits per heavy atom. The van der Waals surface area contributed by atoms with E-state index in [1.54, 1.807) is 24.3 Å². The van der Waals surface area contributed by atoms with Crippen molar-refractivity contribution in [3.05, 3.63) is 60.4 Å². The van der Waals surface area contributed by atoms with Crippen molar-refractivity contribution < 1.29 is 18.0 Å². The molecule has 0 saturated heterocycles. The number of hydrogen-bond donors (Lipinski definition) is 2. The van der Waals surface area contributed by atoms with Gasteiger partial charge >= 0.3 is 12.2 Å². The number of amides is 2. The molecule has 10 heteroatoms. The van der Waals surface area contributed by atoms with E-state index < -0.39 is 17.8 Å². The van der Waals surface area contributed by atoms with Gasteiger partial charge in [-0.25, -0.2) is 9.48 Å². The Balaban J connectivity index is 1.65. The normalized spacial score (nSPS) is 11.2. The van der Waals surface area contributed by atoms with Gasteiger partial charge in [0.2, 0.25) is 0 Å². The lowest BCUT2D eigenvalue weighted by Gasteiger charge is -2.11. The fourth-order valence-electron chi connectivity index (χ4n) is 2.04. The van der Waals surface area contributed by atoms with E-state index in [1.807, 2.05) is 0 Å². The van der Waals surface area contributed by atoms with Crippen LogP contribution in [-0.4, -0.2) is 26.2 Å². The van der Waals surface area contributed by atoms with Crippen LogP contribution in [-0.2, 0) is 6.18 Å². The number of rotatable bonds is 3. The van der Waals surface area contributed by atoms with E-state index in [9.17, 15) is 18.0 Å². The van der Waals surface area contributed by atoms with Crippen molar-refractivity contribution in [1.82, 2.24) is 20.2 Å². The van der Waals surface area contributed by atoms with Crippen molar-refractivity contribution in [3.63, 3.8) is 0 Å². The predicted molar refractivity (Wildman–Crippen MR) is 83.2 cm³/mol. The van der Waals surface area contributed by atoms with Crippen molar-refractivity contribution in [2.75, 3.05) is 10.6 Å². The lowest BCUT2D eigenvalue weighted by molar-refractivity contribution is -0.137. The quantitative estimate of drug-likeness (QED) is 0.760. The Morgan fingerprint density at radius 1 is 1.00 bits per heavy atom. The molecule has 1 aromatic heterocycles. The number of nitrogens with zero attached hydrogens (tertiary/aromatic N) is 4. The fourth-order valence-corrected chi connectivity index (χ4v) is 2.04. The van der Waals surface area contributed by atoms with E-state index in [1.165, 1.54) is 23.1 Å². The fraction of sp³-hybridized carbons (Fsp3) is 0.0667. The number of tetrazole rings is 1. The van der Waals surface area contributed by atoms with Gasteiger partial charge in [0.1, 0.15) is 6.33 Å². The third-order valence-electron chi connectivity index (χ3n) is 3.19. The molecule has 1 heterocycles. The molecular weight excluding hydrogens is 337 g/mol. The van der Waals surface area contributed by atoms with Gasteiger partial charge in [-0.05, 0) is 52.9 Å². The lowest BCUT2D eigenvalue weighted by Crippen LogP contribution is -2.19. The Bertz CT molecular complexity index is 862. The highest BCUT2D eigenvalue weighted by molar-refractivity contribution is 5.99. The molecule has 0 aliphatic rings. The van der Waals surface area contributed by atoms with Crippen LogP contribution in [0.2, 0.25) is 0 Å². The summed E-state index contributed by atoms with van der Waals surface area (Å²) in [6.07, 6.45) is -3.05. The van der Waals surface area contributed by atoms with Gasteiger partial charge in [-0.2, -0.15) is 13.2 Å². The third kappa shape index (κ3) is 4.10. The molecule has 128 valence electrons. The van der Waals surface area contributed by atoms with E-state index >= 15 is 0 Å². The van der Waals surface area contributed by atoms with E-state index in [-0.39, 0.29) is 5.69 Å². The van der Waals surface area contributed by atoms with Gasteiger partial charge in [0.15, 0.2) is 0 Å². The molecule has 2 N–H and O–H groups in total. The minimum atomic E-state index is -4.47. The van der Waals surface area contributed by atoms with Crippen molar-refractivity contribution in [2.24, 2.45) is 0 Å². The zero-order valence-corrected chi connectivity index (χ0v) is 12.5. The van der Waals surface area contributed by atoms with Gasteiger partial charge in [-0.15, -0.1) is 5.10 Å². The minimum Gasteiger partial charge on any atom is -0.308 e. The van der Waals surface area contributed by atoms with Crippen molar-refractivity contribution in [2.45, 2.75) is 6.18 Å². The van der Waals surface area contributed by atoms with Gasteiger partial charge in [0.25, 0.3) is 0 Å². The van der Waals surface area contributed by atoms with Crippen LogP contribution in [0.25, 0.3) is 5.69 Å². The summed E-state index contributed by atoms with van der Waals surface area (Å²) in [5.41, 5.74) is 0.351. The van der Waals surface area contributed by atoms with Gasteiger partial charge in [0, 0.05) is 11.4 Å². The standard InChI is InChI=1S/C15H11F3N6O/c16-15(17,18)10-2-1-3-12(8-10)21-14(25)20-11-4-6-13(7-5-11)24-9-19-22-23-24/h1-9H,(H2,20,21,25). The topological polar surface area (TPSA) is 84.7 Å². The van der Waals surface area contributed by atoms with Crippen LogP contribution < -0.4 is 10.6 Å². The number of urea groups is 1. The number of anilines is 2. The zero-order chi connectivity index (χ0) is 17.9. The second-order valence-corrected chi connectivity index (χ2v) is 4.96. The van der Waals surface area contributed by atoms with Crippen LogP contribution in [0.15, 0.2) is 54.9 Å². The SMILES string of the molecule is O=C(Nc1ccc(-n2cnnn2)cc1)Nc1cccc(C(F)(F)F)c1. The number of alkyl halides is 3. The largest absolute Gasteiger partial charge is 0.416 e. The highest BCUT2D eigenvalue weighted by Crippen LogP contribution is 2.30. The number of hydrogen-bond acceptors (Lipinski definition) is 4. The molecule has 0 fully saturated rings. The summed E-state index contributed by atoms with van der Waals surface area (Å²) in [5, 5.41) is 15.6. The first-order valence-electron chi connectivity index (χ1n) is 7.00. The summed E-state index contributed by atoms with van der Waals surface area (Å²) in [5.74, 6) is 0. The molecule has 0 bridgehead atoms. The highest BCUT2D eigenvalue weighted by atomic mass is 19.4. The first-order valence-corrected chi connectivity index (χ1v) is 7.00. The molecule has 0 atom stereocenters. The van der Waals surface area contributed by atoms with Crippen LogP contribution >= 0.6 is 0 Å². The van der Waals surface area contributed by atoms with Crippen LogP contribution in [0.3, 0.4) is 0 Å². The van der Waals surface area contributed by atoms with Crippen LogP contribution in [0, 0.1) is 0 Å². The second kappa shape index (κ2) is 6.59. The number of carbonyl (C=O) groups excluding carboxylic acids is 1. The molecule has 0 unspecified atom stereocenters. The molecule has 0 aliphatic carbocycles. The summed E-state index contributed by atoms with van der Waals surface area (Å²) in [7, 11) is 0. The molecule has 2 amide bonds. The van der Waals surface area contributed by atoms with Crippen LogP contribution in [0.5, 0.6) is 0 Å². The highest BCUT2D eigenvalue weighted by Gasteiger charge is 2.30. The van der Waals surface area contributed by atoms with Gasteiger partial charge < -0.3 is 10.6 Å². The minimum absolute atomic E-state index is 0.0395. The molecule has 0 radical (unpaired) electrons. The molecular formula is C15H11F3N6O. The summed E-state index contributed by atoms with van der Waals surface area (Å²) in [6.45, 7) is 0. The second-order valence-electron chi connectivity index (χ2n) is 4.96. The van der Waals surface area contributed by atoms with Crippen LogP contribution in [0.1, 0.15) is 5.56 Å². The van der Waals surface area contributed by atoms with E-state index in [2.05, 4.69) is 26.2 Å². The number of halogens is 3. The zero-order valence-electron chi connectivity index (χ0n) is 12.5. The Labute approximate surface area is 139 Å². The Kier molecular flexibility index (Phi) is 4.33. The molecule has 3 aromatic rings. The van der Waals surface area contributed by atoms with E-state index in [4.69, 9.17) is 0 Å². The maximum absolute atomic E-state index is 12.7.